The second-order valence-electron chi connectivity index (χ2n) is 7.44. The number of aliphatic imine (C=N–C) groups is 1. The second kappa shape index (κ2) is 9.36. The van der Waals surface area contributed by atoms with Crippen molar-refractivity contribution in [1.82, 2.24) is 0 Å². The van der Waals surface area contributed by atoms with E-state index in [1.165, 1.54) is 27.8 Å². The first-order valence-corrected chi connectivity index (χ1v) is 10.2. The fraction of sp³-hybridized carbons (Fsp3) is 0.269. The maximum Gasteiger partial charge on any atom is 0.0729 e. The minimum atomic E-state index is 0.389. The van der Waals surface area contributed by atoms with Gasteiger partial charge in [-0.3, -0.25) is 0 Å². The maximum atomic E-state index is 5.81. The summed E-state index contributed by atoms with van der Waals surface area (Å²) in [5.41, 5.74) is 14.1. The Morgan fingerprint density at radius 1 is 1.14 bits per heavy atom. The number of nitrogens with zero attached hydrogens (tertiary/aromatic N) is 1. The monoisotopic (exact) mass is 370 g/mol. The lowest BCUT2D eigenvalue weighted by Gasteiger charge is -2.20. The van der Waals surface area contributed by atoms with E-state index >= 15 is 0 Å². The van der Waals surface area contributed by atoms with Gasteiger partial charge in [0.25, 0.3) is 0 Å². The molecule has 2 nitrogen and oxygen atoms in total. The van der Waals surface area contributed by atoms with Gasteiger partial charge in [-0.25, -0.2) is 4.99 Å². The van der Waals surface area contributed by atoms with Crippen LogP contribution in [0.25, 0.3) is 5.57 Å². The summed E-state index contributed by atoms with van der Waals surface area (Å²) in [6, 6.07) is 14.7. The van der Waals surface area contributed by atoms with Gasteiger partial charge in [0.1, 0.15) is 0 Å². The molecule has 0 bridgehead atoms. The lowest BCUT2D eigenvalue weighted by atomic mass is 9.85. The van der Waals surface area contributed by atoms with E-state index in [1.54, 1.807) is 6.20 Å². The SMILES string of the molecule is CCc1cc(C2=CCCC=C2)cc(C(C)C)c1C(/C=C\N)=Nc1ccccc1. The molecule has 28 heavy (non-hydrogen) atoms. The molecule has 0 amide bonds. The first-order valence-electron chi connectivity index (χ1n) is 10.2. The minimum Gasteiger partial charge on any atom is -0.405 e. The molecule has 0 saturated carbocycles. The van der Waals surface area contributed by atoms with Crippen LogP contribution in [0.3, 0.4) is 0 Å². The third kappa shape index (κ3) is 4.51. The molecular formula is C26H30N2. The van der Waals surface area contributed by atoms with Crippen molar-refractivity contribution in [2.24, 2.45) is 10.7 Å². The number of hydrogen-bond acceptors (Lipinski definition) is 2. The molecule has 2 N–H and O–H groups in total. The van der Waals surface area contributed by atoms with Crippen LogP contribution in [0, 0.1) is 0 Å². The molecule has 1 aliphatic rings. The summed E-state index contributed by atoms with van der Waals surface area (Å²) in [7, 11) is 0. The Hall–Kier alpha value is -2.87. The van der Waals surface area contributed by atoms with Crippen LogP contribution in [0.5, 0.6) is 0 Å². The molecule has 0 unspecified atom stereocenters. The number of para-hydroxylation sites is 1. The molecule has 0 aromatic heterocycles. The van der Waals surface area contributed by atoms with Crippen LogP contribution in [0.1, 0.15) is 61.8 Å². The standard InChI is InChI=1S/C26H30N2/c1-4-20-17-22(21-11-7-5-8-12-21)18-24(19(2)3)26(20)25(15-16-27)28-23-13-9-6-10-14-23/h6-7,9-19H,4-5,8,27H2,1-3H3/b16-15-,28-25?. The number of rotatable bonds is 6. The Morgan fingerprint density at radius 3 is 2.54 bits per heavy atom. The Kier molecular flexibility index (Phi) is 6.65. The van der Waals surface area contributed by atoms with Crippen molar-refractivity contribution in [2.45, 2.75) is 46.0 Å². The third-order valence-electron chi connectivity index (χ3n) is 5.10. The van der Waals surface area contributed by atoms with E-state index < -0.39 is 0 Å². The highest BCUT2D eigenvalue weighted by atomic mass is 14.7. The highest BCUT2D eigenvalue weighted by Gasteiger charge is 2.17. The molecule has 1 aliphatic carbocycles. The van der Waals surface area contributed by atoms with Gasteiger partial charge in [-0.15, -0.1) is 0 Å². The molecular weight excluding hydrogens is 340 g/mol. The maximum absolute atomic E-state index is 5.81. The highest BCUT2D eigenvalue weighted by molar-refractivity contribution is 6.12. The van der Waals surface area contributed by atoms with E-state index in [2.05, 4.69) is 51.1 Å². The lowest BCUT2D eigenvalue weighted by molar-refractivity contribution is 0.858. The number of aryl methyl sites for hydroxylation is 1. The van der Waals surface area contributed by atoms with E-state index in [9.17, 15) is 0 Å². The van der Waals surface area contributed by atoms with E-state index in [1.807, 2.05) is 36.4 Å². The first kappa shape index (κ1) is 19.9. The molecule has 0 fully saturated rings. The van der Waals surface area contributed by atoms with E-state index in [4.69, 9.17) is 10.7 Å². The van der Waals surface area contributed by atoms with Crippen LogP contribution < -0.4 is 5.73 Å². The van der Waals surface area contributed by atoms with Gasteiger partial charge in [-0.1, -0.05) is 69.3 Å². The quantitative estimate of drug-likeness (QED) is 0.565. The molecule has 144 valence electrons. The molecule has 0 aliphatic heterocycles. The molecule has 0 saturated heterocycles. The third-order valence-corrected chi connectivity index (χ3v) is 5.10. The molecule has 3 rings (SSSR count). The highest BCUT2D eigenvalue weighted by Crippen LogP contribution is 2.32. The van der Waals surface area contributed by atoms with Gasteiger partial charge in [0, 0.05) is 5.56 Å². The van der Waals surface area contributed by atoms with Gasteiger partial charge in [-0.2, -0.15) is 0 Å². The largest absolute Gasteiger partial charge is 0.405 e. The second-order valence-corrected chi connectivity index (χ2v) is 7.44. The summed E-state index contributed by atoms with van der Waals surface area (Å²) in [6.07, 6.45) is 13.6. The van der Waals surface area contributed by atoms with Crippen molar-refractivity contribution in [1.29, 1.82) is 0 Å². The van der Waals surface area contributed by atoms with Crippen molar-refractivity contribution >= 4 is 17.0 Å². The topological polar surface area (TPSA) is 38.4 Å². The molecule has 0 radical (unpaired) electrons. The first-order chi connectivity index (χ1) is 13.6. The normalized spacial score (nSPS) is 14.7. The summed E-state index contributed by atoms with van der Waals surface area (Å²) in [5, 5.41) is 0. The molecule has 0 spiro atoms. The zero-order chi connectivity index (χ0) is 19.9. The van der Waals surface area contributed by atoms with Crippen molar-refractivity contribution in [3.05, 3.63) is 95.2 Å². The average Bonchev–Trinajstić information content (AvgIpc) is 2.73. The van der Waals surface area contributed by atoms with E-state index in [0.717, 1.165) is 30.7 Å². The number of nitrogens with two attached hydrogens (primary N) is 1. The van der Waals surface area contributed by atoms with Crippen molar-refractivity contribution in [2.75, 3.05) is 0 Å². The van der Waals surface area contributed by atoms with Crippen LogP contribution in [0.15, 0.2) is 78.0 Å². The van der Waals surface area contributed by atoms with Gasteiger partial charge in [0.05, 0.1) is 11.4 Å². The van der Waals surface area contributed by atoms with Gasteiger partial charge in [0.15, 0.2) is 0 Å². The van der Waals surface area contributed by atoms with Gasteiger partial charge in [-0.05, 0) is 71.9 Å². The molecule has 2 heteroatoms. The van der Waals surface area contributed by atoms with Gasteiger partial charge >= 0.3 is 0 Å². The Labute approximate surface area is 169 Å². The Morgan fingerprint density at radius 2 is 1.93 bits per heavy atom. The Balaban J connectivity index is 2.21. The predicted octanol–water partition coefficient (Wildman–Crippen LogP) is 6.70. The van der Waals surface area contributed by atoms with E-state index in [0.29, 0.717) is 5.92 Å². The summed E-state index contributed by atoms with van der Waals surface area (Å²) < 4.78 is 0. The predicted molar refractivity (Wildman–Crippen MR) is 122 cm³/mol. The smallest absolute Gasteiger partial charge is 0.0729 e. The zero-order valence-electron chi connectivity index (χ0n) is 17.2. The fourth-order valence-corrected chi connectivity index (χ4v) is 3.68. The van der Waals surface area contributed by atoms with Crippen molar-refractivity contribution in [3.8, 4) is 0 Å². The number of hydrogen-bond donors (Lipinski definition) is 1. The number of allylic oxidation sites excluding steroid dienone is 5. The Bertz CT molecular complexity index is 928. The van der Waals surface area contributed by atoms with Crippen molar-refractivity contribution < 1.29 is 0 Å². The number of benzene rings is 2. The summed E-state index contributed by atoms with van der Waals surface area (Å²) in [5.74, 6) is 0.389. The molecule has 0 heterocycles. The van der Waals surface area contributed by atoms with Crippen LogP contribution in [-0.2, 0) is 6.42 Å². The lowest BCUT2D eigenvalue weighted by Crippen LogP contribution is -2.10. The van der Waals surface area contributed by atoms with Gasteiger partial charge in [0.2, 0.25) is 0 Å². The van der Waals surface area contributed by atoms with Crippen LogP contribution in [0.2, 0.25) is 0 Å². The van der Waals surface area contributed by atoms with Crippen LogP contribution >= 0.6 is 0 Å². The average molecular weight is 371 g/mol. The zero-order valence-corrected chi connectivity index (χ0v) is 17.2. The van der Waals surface area contributed by atoms with Crippen molar-refractivity contribution in [3.63, 3.8) is 0 Å². The van der Waals surface area contributed by atoms with E-state index in [-0.39, 0.29) is 0 Å². The van der Waals surface area contributed by atoms with Crippen LogP contribution in [0.4, 0.5) is 5.69 Å². The minimum absolute atomic E-state index is 0.389. The van der Waals surface area contributed by atoms with Crippen LogP contribution in [-0.4, -0.2) is 5.71 Å². The molecule has 2 aromatic carbocycles. The van der Waals surface area contributed by atoms with Gasteiger partial charge < -0.3 is 5.73 Å². The molecule has 2 aromatic rings. The summed E-state index contributed by atoms with van der Waals surface area (Å²) in [4.78, 5) is 4.93. The summed E-state index contributed by atoms with van der Waals surface area (Å²) >= 11 is 0. The summed E-state index contributed by atoms with van der Waals surface area (Å²) in [6.45, 7) is 6.71. The molecule has 0 atom stereocenters. The fourth-order valence-electron chi connectivity index (χ4n) is 3.68.